The van der Waals surface area contributed by atoms with E-state index in [0.29, 0.717) is 12.1 Å². The average Bonchev–Trinajstić information content (AvgIpc) is 2.37. The van der Waals surface area contributed by atoms with E-state index in [1.165, 1.54) is 12.0 Å². The molecule has 98 valence electrons. The van der Waals surface area contributed by atoms with Crippen LogP contribution < -0.4 is 0 Å². The van der Waals surface area contributed by atoms with Crippen molar-refractivity contribution < 1.29 is 14.3 Å². The monoisotopic (exact) mass is 425 g/mol. The van der Waals surface area contributed by atoms with Crippen LogP contribution in [0.15, 0.2) is 22.7 Å². The van der Waals surface area contributed by atoms with E-state index in [-0.39, 0.29) is 18.3 Å². The standard InChI is InChI=1S/C12H13BrINO3/c1-15(6-5-11(16)18-2)12(17)9-7-8(13)3-4-10(9)14/h3-4,7H,5-6H2,1-2H3. The first-order valence-corrected chi connectivity index (χ1v) is 7.10. The van der Waals surface area contributed by atoms with Gasteiger partial charge in [0, 0.05) is 21.6 Å². The molecule has 0 N–H and O–H groups in total. The molecule has 1 rings (SSSR count). The van der Waals surface area contributed by atoms with Gasteiger partial charge in [-0.3, -0.25) is 9.59 Å². The third-order valence-electron chi connectivity index (χ3n) is 2.38. The van der Waals surface area contributed by atoms with Crippen LogP contribution in [0.3, 0.4) is 0 Å². The summed E-state index contributed by atoms with van der Waals surface area (Å²) in [5, 5.41) is 0. The van der Waals surface area contributed by atoms with Gasteiger partial charge in [0.1, 0.15) is 0 Å². The fourth-order valence-electron chi connectivity index (χ4n) is 1.33. The number of amides is 1. The number of carbonyl (C=O) groups excluding carboxylic acids is 2. The summed E-state index contributed by atoms with van der Waals surface area (Å²) >= 11 is 5.45. The highest BCUT2D eigenvalue weighted by atomic mass is 127. The van der Waals surface area contributed by atoms with Crippen LogP contribution in [-0.4, -0.2) is 37.5 Å². The molecule has 0 aromatic heterocycles. The zero-order chi connectivity index (χ0) is 13.7. The smallest absolute Gasteiger partial charge is 0.307 e. The van der Waals surface area contributed by atoms with Crippen LogP contribution in [0.2, 0.25) is 0 Å². The molecule has 0 fully saturated rings. The van der Waals surface area contributed by atoms with Crippen LogP contribution in [0.5, 0.6) is 0 Å². The second-order valence-corrected chi connectivity index (χ2v) is 5.75. The van der Waals surface area contributed by atoms with E-state index in [2.05, 4.69) is 43.3 Å². The molecular weight excluding hydrogens is 413 g/mol. The molecule has 1 amide bonds. The lowest BCUT2D eigenvalue weighted by Crippen LogP contribution is -2.29. The van der Waals surface area contributed by atoms with Crippen molar-refractivity contribution in [2.45, 2.75) is 6.42 Å². The number of methoxy groups -OCH3 is 1. The summed E-state index contributed by atoms with van der Waals surface area (Å²) in [5.74, 6) is -0.428. The first-order valence-electron chi connectivity index (χ1n) is 5.23. The van der Waals surface area contributed by atoms with E-state index < -0.39 is 0 Å². The number of benzene rings is 1. The average molecular weight is 426 g/mol. The van der Waals surface area contributed by atoms with Gasteiger partial charge in [0.25, 0.3) is 5.91 Å². The molecule has 18 heavy (non-hydrogen) atoms. The van der Waals surface area contributed by atoms with Crippen LogP contribution >= 0.6 is 38.5 Å². The fraction of sp³-hybridized carbons (Fsp3) is 0.333. The lowest BCUT2D eigenvalue weighted by Gasteiger charge is -2.17. The van der Waals surface area contributed by atoms with Gasteiger partial charge in [0.15, 0.2) is 0 Å². The van der Waals surface area contributed by atoms with Gasteiger partial charge in [-0.05, 0) is 40.8 Å². The quantitative estimate of drug-likeness (QED) is 0.550. The third-order valence-corrected chi connectivity index (χ3v) is 3.82. The number of halogens is 2. The summed E-state index contributed by atoms with van der Waals surface area (Å²) < 4.78 is 6.28. The van der Waals surface area contributed by atoms with Crippen molar-refractivity contribution in [3.05, 3.63) is 31.8 Å². The Morgan fingerprint density at radius 3 is 2.72 bits per heavy atom. The van der Waals surface area contributed by atoms with E-state index in [4.69, 9.17) is 0 Å². The van der Waals surface area contributed by atoms with Gasteiger partial charge in [-0.1, -0.05) is 15.9 Å². The van der Waals surface area contributed by atoms with Gasteiger partial charge >= 0.3 is 5.97 Å². The number of rotatable bonds is 4. The number of carbonyl (C=O) groups is 2. The minimum Gasteiger partial charge on any atom is -0.469 e. The molecule has 0 heterocycles. The molecule has 0 atom stereocenters. The van der Waals surface area contributed by atoms with Gasteiger partial charge < -0.3 is 9.64 Å². The maximum atomic E-state index is 12.2. The zero-order valence-corrected chi connectivity index (χ0v) is 13.8. The van der Waals surface area contributed by atoms with Crippen molar-refractivity contribution in [2.24, 2.45) is 0 Å². The summed E-state index contributed by atoms with van der Waals surface area (Å²) in [6, 6.07) is 5.53. The molecule has 0 bridgehead atoms. The van der Waals surface area contributed by atoms with Crippen molar-refractivity contribution in [3.8, 4) is 0 Å². The first-order chi connectivity index (χ1) is 8.45. The second kappa shape index (κ2) is 7.08. The van der Waals surface area contributed by atoms with E-state index in [9.17, 15) is 9.59 Å². The Labute approximate surface area is 128 Å². The summed E-state index contributed by atoms with van der Waals surface area (Å²) in [6.45, 7) is 0.341. The van der Waals surface area contributed by atoms with E-state index in [0.717, 1.165) is 8.04 Å². The van der Waals surface area contributed by atoms with Gasteiger partial charge in [-0.15, -0.1) is 0 Å². The van der Waals surface area contributed by atoms with Crippen molar-refractivity contribution in [2.75, 3.05) is 20.7 Å². The number of hydrogen-bond acceptors (Lipinski definition) is 3. The molecule has 0 saturated carbocycles. The normalized spacial score (nSPS) is 10.0. The molecule has 1 aromatic carbocycles. The van der Waals surface area contributed by atoms with E-state index in [1.54, 1.807) is 13.1 Å². The lowest BCUT2D eigenvalue weighted by atomic mass is 10.2. The molecule has 0 aliphatic carbocycles. The molecule has 1 aromatic rings. The third kappa shape index (κ3) is 4.24. The zero-order valence-electron chi connectivity index (χ0n) is 10.1. The molecule has 0 aliphatic heterocycles. The first kappa shape index (κ1) is 15.4. The van der Waals surface area contributed by atoms with Crippen LogP contribution in [0.4, 0.5) is 0 Å². The van der Waals surface area contributed by atoms with Crippen LogP contribution in [0.25, 0.3) is 0 Å². The maximum Gasteiger partial charge on any atom is 0.307 e. The number of hydrogen-bond donors (Lipinski definition) is 0. The molecule has 0 saturated heterocycles. The summed E-state index contributed by atoms with van der Waals surface area (Å²) in [7, 11) is 3.00. The molecule has 0 aliphatic rings. The Bertz CT molecular complexity index is 465. The molecular formula is C12H13BrINO3. The number of esters is 1. The Kier molecular flexibility index (Phi) is 6.07. The molecule has 4 nitrogen and oxygen atoms in total. The minimum absolute atomic E-state index is 0.107. The van der Waals surface area contributed by atoms with Gasteiger partial charge in [0.05, 0.1) is 19.1 Å². The highest BCUT2D eigenvalue weighted by Gasteiger charge is 2.16. The predicted molar refractivity (Wildman–Crippen MR) is 80.5 cm³/mol. The lowest BCUT2D eigenvalue weighted by molar-refractivity contribution is -0.140. The topological polar surface area (TPSA) is 46.6 Å². The second-order valence-electron chi connectivity index (χ2n) is 3.68. The van der Waals surface area contributed by atoms with Gasteiger partial charge in [-0.25, -0.2) is 0 Å². The molecule has 0 spiro atoms. The minimum atomic E-state index is -0.321. The Morgan fingerprint density at radius 1 is 1.44 bits per heavy atom. The van der Waals surface area contributed by atoms with Crippen LogP contribution in [0.1, 0.15) is 16.8 Å². The van der Waals surface area contributed by atoms with Crippen molar-refractivity contribution in [1.82, 2.24) is 4.90 Å². The fourth-order valence-corrected chi connectivity index (χ4v) is 2.26. The molecule has 0 radical (unpaired) electrons. The van der Waals surface area contributed by atoms with Crippen molar-refractivity contribution in [3.63, 3.8) is 0 Å². The highest BCUT2D eigenvalue weighted by Crippen LogP contribution is 2.19. The summed E-state index contributed by atoms with van der Waals surface area (Å²) in [4.78, 5) is 24.7. The number of ether oxygens (including phenoxy) is 1. The Morgan fingerprint density at radius 2 is 2.11 bits per heavy atom. The largest absolute Gasteiger partial charge is 0.469 e. The molecule has 6 heteroatoms. The van der Waals surface area contributed by atoms with Crippen molar-refractivity contribution >= 4 is 50.4 Å². The molecule has 0 unspecified atom stereocenters. The summed E-state index contributed by atoms with van der Waals surface area (Å²) in [5.41, 5.74) is 0.623. The van der Waals surface area contributed by atoms with E-state index in [1.807, 2.05) is 12.1 Å². The highest BCUT2D eigenvalue weighted by molar-refractivity contribution is 14.1. The maximum absolute atomic E-state index is 12.2. The Hall–Kier alpha value is -0.630. The van der Waals surface area contributed by atoms with Crippen LogP contribution in [-0.2, 0) is 9.53 Å². The van der Waals surface area contributed by atoms with Gasteiger partial charge in [-0.2, -0.15) is 0 Å². The number of nitrogens with zero attached hydrogens (tertiary/aromatic N) is 1. The Balaban J connectivity index is 2.74. The SMILES string of the molecule is COC(=O)CCN(C)C(=O)c1cc(Br)ccc1I. The summed E-state index contributed by atoms with van der Waals surface area (Å²) in [6.07, 6.45) is 0.198. The van der Waals surface area contributed by atoms with Gasteiger partial charge in [0.2, 0.25) is 0 Å². The van der Waals surface area contributed by atoms with E-state index >= 15 is 0 Å². The van der Waals surface area contributed by atoms with Crippen molar-refractivity contribution in [1.29, 1.82) is 0 Å². The van der Waals surface area contributed by atoms with Crippen LogP contribution in [0, 0.1) is 3.57 Å². The predicted octanol–water partition coefficient (Wildman–Crippen LogP) is 2.69.